The van der Waals surface area contributed by atoms with Crippen molar-refractivity contribution in [3.05, 3.63) is 59.7 Å². The molecule has 1 N–H and O–H groups in total. The molecule has 1 atom stereocenters. The predicted molar refractivity (Wildman–Crippen MR) is 135 cm³/mol. The second-order valence-electron chi connectivity index (χ2n) is 8.94. The minimum Gasteiger partial charge on any atom is -0.325 e. The molecule has 3 aromatic rings. The van der Waals surface area contributed by atoms with Crippen LogP contribution in [0, 0.1) is 12.8 Å². The van der Waals surface area contributed by atoms with Crippen molar-refractivity contribution >= 4 is 23.4 Å². The van der Waals surface area contributed by atoms with Crippen LogP contribution in [0.25, 0.3) is 11.4 Å². The molecule has 1 unspecified atom stereocenters. The number of aromatic nitrogens is 3. The van der Waals surface area contributed by atoms with E-state index in [4.69, 9.17) is 0 Å². The number of rotatable bonds is 8. The van der Waals surface area contributed by atoms with E-state index < -0.39 is 0 Å². The van der Waals surface area contributed by atoms with Crippen molar-refractivity contribution < 1.29 is 4.79 Å². The van der Waals surface area contributed by atoms with E-state index in [9.17, 15) is 4.79 Å². The Morgan fingerprint density at radius 1 is 1.18 bits per heavy atom. The Bertz CT molecular complexity index is 1080. The van der Waals surface area contributed by atoms with Gasteiger partial charge in [0.1, 0.15) is 0 Å². The Hall–Kier alpha value is -2.64. The molecule has 2 heterocycles. The number of hydrogen-bond acceptors (Lipinski definition) is 5. The number of piperidine rings is 1. The molecular formula is C26H33N5OS. The average Bonchev–Trinajstić information content (AvgIpc) is 3.22. The number of nitrogens with one attached hydrogen (secondary N) is 1. The molecule has 1 amide bonds. The van der Waals surface area contributed by atoms with Crippen LogP contribution < -0.4 is 5.32 Å². The van der Waals surface area contributed by atoms with Crippen molar-refractivity contribution in [2.75, 3.05) is 24.2 Å². The smallest absolute Gasteiger partial charge is 0.234 e. The molecule has 1 aromatic heterocycles. The van der Waals surface area contributed by atoms with Gasteiger partial charge in [0.05, 0.1) is 5.75 Å². The number of nitrogens with zero attached hydrogens (tertiary/aromatic N) is 4. The first-order valence-corrected chi connectivity index (χ1v) is 12.7. The summed E-state index contributed by atoms with van der Waals surface area (Å²) >= 11 is 1.42. The Morgan fingerprint density at radius 3 is 2.73 bits per heavy atom. The minimum absolute atomic E-state index is 0.0413. The molecule has 1 aliphatic heterocycles. The number of hydrogen-bond donors (Lipinski definition) is 1. The molecule has 0 bridgehead atoms. The summed E-state index contributed by atoms with van der Waals surface area (Å²) in [5.74, 6) is 1.86. The Kier molecular flexibility index (Phi) is 7.83. The summed E-state index contributed by atoms with van der Waals surface area (Å²) in [6, 6.07) is 16.5. The van der Waals surface area contributed by atoms with Gasteiger partial charge in [-0.3, -0.25) is 9.69 Å². The summed E-state index contributed by atoms with van der Waals surface area (Å²) in [7, 11) is 0. The van der Waals surface area contributed by atoms with E-state index >= 15 is 0 Å². The van der Waals surface area contributed by atoms with E-state index in [1.165, 1.54) is 48.8 Å². The highest BCUT2D eigenvalue weighted by atomic mass is 32.2. The van der Waals surface area contributed by atoms with Gasteiger partial charge in [-0.05, 0) is 62.9 Å². The summed E-state index contributed by atoms with van der Waals surface area (Å²) in [4.78, 5) is 15.1. The van der Waals surface area contributed by atoms with Crippen LogP contribution in [0.1, 0.15) is 37.8 Å². The van der Waals surface area contributed by atoms with Crippen LogP contribution in [-0.4, -0.2) is 44.4 Å². The fourth-order valence-electron chi connectivity index (χ4n) is 4.39. The second kappa shape index (κ2) is 11.0. The van der Waals surface area contributed by atoms with Crippen molar-refractivity contribution in [2.24, 2.45) is 5.92 Å². The third kappa shape index (κ3) is 6.24. The number of benzene rings is 2. The molecule has 7 heteroatoms. The van der Waals surface area contributed by atoms with Gasteiger partial charge in [-0.25, -0.2) is 0 Å². The van der Waals surface area contributed by atoms with Gasteiger partial charge in [0.25, 0.3) is 0 Å². The lowest BCUT2D eigenvalue weighted by Gasteiger charge is -2.30. The third-order valence-electron chi connectivity index (χ3n) is 6.03. The summed E-state index contributed by atoms with van der Waals surface area (Å²) in [5, 5.41) is 12.5. The highest BCUT2D eigenvalue weighted by molar-refractivity contribution is 7.99. The van der Waals surface area contributed by atoms with E-state index in [0.717, 1.165) is 41.2 Å². The van der Waals surface area contributed by atoms with Crippen LogP contribution in [0.5, 0.6) is 0 Å². The Labute approximate surface area is 200 Å². The molecule has 1 saturated heterocycles. The summed E-state index contributed by atoms with van der Waals surface area (Å²) in [6.07, 6.45) is 2.62. The number of carbonyl (C=O) groups excluding carboxylic acids is 1. The van der Waals surface area contributed by atoms with Gasteiger partial charge in [0.2, 0.25) is 5.91 Å². The molecule has 4 rings (SSSR count). The van der Waals surface area contributed by atoms with E-state index in [0.29, 0.717) is 5.75 Å². The molecule has 6 nitrogen and oxygen atoms in total. The number of aryl methyl sites for hydroxylation is 1. The van der Waals surface area contributed by atoms with Crippen molar-refractivity contribution in [1.29, 1.82) is 0 Å². The molecule has 1 aliphatic rings. The second-order valence-corrected chi connectivity index (χ2v) is 9.88. The topological polar surface area (TPSA) is 63.1 Å². The number of anilines is 1. The van der Waals surface area contributed by atoms with E-state index in [-0.39, 0.29) is 5.91 Å². The van der Waals surface area contributed by atoms with Crippen molar-refractivity contribution in [3.8, 4) is 11.4 Å². The monoisotopic (exact) mass is 463 g/mol. The maximum atomic E-state index is 12.5. The van der Waals surface area contributed by atoms with Crippen molar-refractivity contribution in [1.82, 2.24) is 19.7 Å². The highest BCUT2D eigenvalue weighted by Gasteiger charge is 2.17. The van der Waals surface area contributed by atoms with Crippen LogP contribution in [0.3, 0.4) is 0 Å². The van der Waals surface area contributed by atoms with E-state index in [2.05, 4.69) is 70.0 Å². The van der Waals surface area contributed by atoms with Gasteiger partial charge in [-0.15, -0.1) is 10.2 Å². The quantitative estimate of drug-likeness (QED) is 0.463. The van der Waals surface area contributed by atoms with Gasteiger partial charge >= 0.3 is 0 Å². The van der Waals surface area contributed by atoms with E-state index in [1.54, 1.807) is 0 Å². The zero-order valence-electron chi connectivity index (χ0n) is 19.8. The molecule has 0 spiro atoms. The summed E-state index contributed by atoms with van der Waals surface area (Å²) in [6.45, 7) is 10.5. The summed E-state index contributed by atoms with van der Waals surface area (Å²) in [5.41, 5.74) is 4.34. The molecule has 0 aliphatic carbocycles. The van der Waals surface area contributed by atoms with Crippen LogP contribution in [-0.2, 0) is 17.9 Å². The highest BCUT2D eigenvalue weighted by Crippen LogP contribution is 2.25. The molecule has 174 valence electrons. The normalized spacial score (nSPS) is 16.6. The first-order chi connectivity index (χ1) is 16.0. The predicted octanol–water partition coefficient (Wildman–Crippen LogP) is 5.24. The molecule has 0 saturated carbocycles. The van der Waals surface area contributed by atoms with Crippen molar-refractivity contribution in [3.63, 3.8) is 0 Å². The molecule has 1 fully saturated rings. The third-order valence-corrected chi connectivity index (χ3v) is 6.99. The maximum absolute atomic E-state index is 12.5. The fraction of sp³-hybridized carbons (Fsp3) is 0.423. The van der Waals surface area contributed by atoms with Gasteiger partial charge in [-0.1, -0.05) is 54.6 Å². The SMILES string of the molecule is CCn1c(SCC(=O)Nc2ccc(CN3CCCC(C)C3)cc2)nnc1-c1cccc(C)c1. The average molecular weight is 464 g/mol. The first-order valence-electron chi connectivity index (χ1n) is 11.8. The van der Waals surface area contributed by atoms with Crippen LogP contribution >= 0.6 is 11.8 Å². The first kappa shape index (κ1) is 23.5. The van der Waals surface area contributed by atoms with E-state index in [1.807, 2.05) is 24.3 Å². The van der Waals surface area contributed by atoms with Gasteiger partial charge in [0.15, 0.2) is 11.0 Å². The van der Waals surface area contributed by atoms with Gasteiger partial charge in [0, 0.05) is 30.9 Å². The number of carbonyl (C=O) groups is 1. The molecule has 2 aromatic carbocycles. The number of amides is 1. The van der Waals surface area contributed by atoms with Gasteiger partial charge in [-0.2, -0.15) is 0 Å². The zero-order chi connectivity index (χ0) is 23.2. The minimum atomic E-state index is -0.0413. The number of thioether (sulfide) groups is 1. The number of likely N-dealkylation sites (tertiary alicyclic amines) is 1. The van der Waals surface area contributed by atoms with Crippen LogP contribution in [0.15, 0.2) is 53.7 Å². The van der Waals surface area contributed by atoms with Crippen molar-refractivity contribution in [2.45, 2.75) is 51.9 Å². The largest absolute Gasteiger partial charge is 0.325 e. The maximum Gasteiger partial charge on any atom is 0.234 e. The summed E-state index contributed by atoms with van der Waals surface area (Å²) < 4.78 is 2.06. The van der Waals surface area contributed by atoms with Gasteiger partial charge < -0.3 is 9.88 Å². The Balaban J connectivity index is 1.31. The fourth-order valence-corrected chi connectivity index (χ4v) is 5.19. The Morgan fingerprint density at radius 2 is 2.00 bits per heavy atom. The lowest BCUT2D eigenvalue weighted by molar-refractivity contribution is -0.113. The zero-order valence-corrected chi connectivity index (χ0v) is 20.6. The molecule has 33 heavy (non-hydrogen) atoms. The lowest BCUT2D eigenvalue weighted by atomic mass is 10.00. The van der Waals surface area contributed by atoms with Crippen LogP contribution in [0.4, 0.5) is 5.69 Å². The lowest BCUT2D eigenvalue weighted by Crippen LogP contribution is -2.33. The molecular weight excluding hydrogens is 430 g/mol. The van der Waals surface area contributed by atoms with Crippen LogP contribution in [0.2, 0.25) is 0 Å². The molecule has 0 radical (unpaired) electrons. The standard InChI is InChI=1S/C26H33N5OS/c1-4-31-25(22-9-5-7-19(2)15-22)28-29-26(31)33-18-24(32)27-23-12-10-21(11-13-23)17-30-14-6-8-20(3)16-30/h5,7,9-13,15,20H,4,6,8,14,16-18H2,1-3H3,(H,27,32).